The van der Waals surface area contributed by atoms with Gasteiger partial charge in [0.1, 0.15) is 0 Å². The Morgan fingerprint density at radius 3 is 2.58 bits per heavy atom. The number of hydrogen-bond donors (Lipinski definition) is 1. The van der Waals surface area contributed by atoms with Crippen LogP contribution in [0.1, 0.15) is 73.9 Å². The summed E-state index contributed by atoms with van der Waals surface area (Å²) in [6, 6.07) is 10.4. The normalized spacial score (nSPS) is 15.4. The molecule has 0 spiro atoms. The molecule has 1 heterocycles. The summed E-state index contributed by atoms with van der Waals surface area (Å²) in [5.74, 6) is -0.0671. The van der Waals surface area contributed by atoms with E-state index in [-0.39, 0.29) is 17.6 Å². The van der Waals surface area contributed by atoms with Crippen molar-refractivity contribution in [3.05, 3.63) is 58.0 Å². The van der Waals surface area contributed by atoms with Gasteiger partial charge in [0.05, 0.1) is 29.4 Å². The van der Waals surface area contributed by atoms with Crippen molar-refractivity contribution >= 4 is 51.9 Å². The maximum Gasteiger partial charge on any atom is 0.336 e. The first-order valence-corrected chi connectivity index (χ1v) is 13.4. The molecule has 1 aliphatic rings. The minimum absolute atomic E-state index is 0.0767. The Hall–Kier alpha value is -2.84. The molecule has 36 heavy (non-hydrogen) atoms. The van der Waals surface area contributed by atoms with Crippen LogP contribution in [-0.4, -0.2) is 34.5 Å². The smallest absolute Gasteiger partial charge is 0.336 e. The molecule has 1 fully saturated rings. The number of carboxylic acid groups (broad SMARTS) is 1. The lowest BCUT2D eigenvalue weighted by atomic mass is 10.1. The van der Waals surface area contributed by atoms with Crippen LogP contribution in [0.5, 0.6) is 11.5 Å². The van der Waals surface area contributed by atoms with E-state index in [1.54, 1.807) is 32.2 Å². The number of thioether (sulfide) groups is 1. The van der Waals surface area contributed by atoms with Crippen LogP contribution in [0.2, 0.25) is 0 Å². The average molecular weight is 528 g/mol. The first-order valence-electron chi connectivity index (χ1n) is 12.2. The Balaban J connectivity index is 1.73. The monoisotopic (exact) mass is 527 g/mol. The fraction of sp³-hybridized carbons (Fsp3) is 0.393. The van der Waals surface area contributed by atoms with Gasteiger partial charge in [-0.05, 0) is 68.2 Å². The first kappa shape index (κ1) is 27.7. The number of amides is 1. The molecule has 1 N–H and O–H groups in total. The van der Waals surface area contributed by atoms with Gasteiger partial charge in [-0.3, -0.25) is 9.69 Å². The Morgan fingerprint density at radius 1 is 1.14 bits per heavy atom. The molecule has 1 amide bonds. The van der Waals surface area contributed by atoms with E-state index in [1.807, 2.05) is 18.2 Å². The van der Waals surface area contributed by atoms with Gasteiger partial charge in [-0.15, -0.1) is 0 Å². The number of aryl methyl sites for hydroxylation is 1. The number of rotatable bonds is 12. The summed E-state index contributed by atoms with van der Waals surface area (Å²) in [7, 11) is 1.60. The molecule has 2 aromatic carbocycles. The van der Waals surface area contributed by atoms with Gasteiger partial charge in [-0.2, -0.15) is 0 Å². The van der Waals surface area contributed by atoms with E-state index in [0.29, 0.717) is 32.0 Å². The predicted molar refractivity (Wildman–Crippen MR) is 150 cm³/mol. The SMILES string of the molecule is CCCCCCCC(C)Oc1ccc(/C=C2/SC(=S)N(c3ccc(C)c(C(=O)O)c3)C2=O)cc1OC. The van der Waals surface area contributed by atoms with E-state index < -0.39 is 5.97 Å². The summed E-state index contributed by atoms with van der Waals surface area (Å²) >= 11 is 6.63. The van der Waals surface area contributed by atoms with Gasteiger partial charge in [0.25, 0.3) is 5.91 Å². The highest BCUT2D eigenvalue weighted by atomic mass is 32.2. The Bertz CT molecular complexity index is 1160. The van der Waals surface area contributed by atoms with Crippen molar-refractivity contribution in [3.8, 4) is 11.5 Å². The van der Waals surface area contributed by atoms with Crippen LogP contribution >= 0.6 is 24.0 Å². The molecule has 3 rings (SSSR count). The van der Waals surface area contributed by atoms with Crippen LogP contribution < -0.4 is 14.4 Å². The lowest BCUT2D eigenvalue weighted by Crippen LogP contribution is -2.27. The topological polar surface area (TPSA) is 76.1 Å². The lowest BCUT2D eigenvalue weighted by Gasteiger charge is -2.17. The van der Waals surface area contributed by atoms with Gasteiger partial charge in [0.15, 0.2) is 15.8 Å². The highest BCUT2D eigenvalue weighted by Gasteiger charge is 2.34. The number of nitrogens with zero attached hydrogens (tertiary/aromatic N) is 1. The average Bonchev–Trinajstić information content (AvgIpc) is 3.12. The Kier molecular flexibility index (Phi) is 9.96. The molecule has 1 aliphatic heterocycles. The van der Waals surface area contributed by atoms with E-state index in [1.165, 1.54) is 48.4 Å². The fourth-order valence-electron chi connectivity index (χ4n) is 4.00. The number of ether oxygens (including phenoxy) is 2. The van der Waals surface area contributed by atoms with Crippen LogP contribution in [0, 0.1) is 6.92 Å². The standard InChI is InChI=1S/C28H33NO5S2/c1-5-6-7-8-9-10-19(3)34-23-14-12-20(15-24(23)33-4)16-25-26(30)29(28(35)36-25)21-13-11-18(2)22(17-21)27(31)32/h11-17,19H,5-10H2,1-4H3,(H,31,32)/b25-16+. The number of carbonyl (C=O) groups excluding carboxylic acids is 1. The summed E-state index contributed by atoms with van der Waals surface area (Å²) in [5.41, 5.74) is 1.98. The van der Waals surface area contributed by atoms with Crippen LogP contribution in [-0.2, 0) is 4.79 Å². The maximum atomic E-state index is 13.2. The quantitative estimate of drug-likeness (QED) is 0.177. The molecular formula is C28H33NO5S2. The summed E-state index contributed by atoms with van der Waals surface area (Å²) < 4.78 is 12.0. The third kappa shape index (κ3) is 6.89. The second-order valence-corrected chi connectivity index (χ2v) is 10.5. The number of benzene rings is 2. The molecule has 0 radical (unpaired) electrons. The number of hydrogen-bond acceptors (Lipinski definition) is 6. The molecule has 0 saturated carbocycles. The largest absolute Gasteiger partial charge is 0.493 e. The minimum Gasteiger partial charge on any atom is -0.493 e. The number of carbonyl (C=O) groups is 2. The van der Waals surface area contributed by atoms with Crippen molar-refractivity contribution in [3.63, 3.8) is 0 Å². The summed E-state index contributed by atoms with van der Waals surface area (Å²) in [4.78, 5) is 26.5. The van der Waals surface area contributed by atoms with E-state index in [9.17, 15) is 14.7 Å². The molecule has 0 aliphatic carbocycles. The number of unbranched alkanes of at least 4 members (excludes halogenated alkanes) is 4. The fourth-order valence-corrected chi connectivity index (χ4v) is 5.30. The zero-order valence-electron chi connectivity index (χ0n) is 21.2. The number of carboxylic acids is 1. The van der Waals surface area contributed by atoms with Crippen LogP contribution in [0.4, 0.5) is 5.69 Å². The first-order chi connectivity index (χ1) is 17.2. The molecular weight excluding hydrogens is 494 g/mol. The van der Waals surface area contributed by atoms with Crippen molar-refractivity contribution in [2.24, 2.45) is 0 Å². The van der Waals surface area contributed by atoms with Gasteiger partial charge >= 0.3 is 5.97 Å². The number of thiocarbonyl (C=S) groups is 1. The van der Waals surface area contributed by atoms with Crippen molar-refractivity contribution in [2.75, 3.05) is 12.0 Å². The van der Waals surface area contributed by atoms with Gasteiger partial charge in [-0.25, -0.2) is 4.79 Å². The molecule has 2 aromatic rings. The minimum atomic E-state index is -1.05. The molecule has 0 aromatic heterocycles. The molecule has 1 saturated heterocycles. The second kappa shape index (κ2) is 12.9. The number of aromatic carboxylic acids is 1. The van der Waals surface area contributed by atoms with Crippen molar-refractivity contribution < 1.29 is 24.2 Å². The molecule has 6 nitrogen and oxygen atoms in total. The summed E-state index contributed by atoms with van der Waals surface area (Å²) in [6.07, 6.45) is 8.95. The highest BCUT2D eigenvalue weighted by Crippen LogP contribution is 2.38. The zero-order valence-corrected chi connectivity index (χ0v) is 22.8. The highest BCUT2D eigenvalue weighted by molar-refractivity contribution is 8.27. The third-order valence-corrected chi connectivity index (χ3v) is 7.33. The van der Waals surface area contributed by atoms with Crippen molar-refractivity contribution in [1.82, 2.24) is 0 Å². The lowest BCUT2D eigenvalue weighted by molar-refractivity contribution is -0.113. The van der Waals surface area contributed by atoms with Crippen LogP contribution in [0.3, 0.4) is 0 Å². The van der Waals surface area contributed by atoms with Gasteiger partial charge < -0.3 is 14.6 Å². The van der Waals surface area contributed by atoms with Gasteiger partial charge in [0.2, 0.25) is 0 Å². The molecule has 8 heteroatoms. The Morgan fingerprint density at radius 2 is 1.89 bits per heavy atom. The van der Waals surface area contributed by atoms with E-state index in [2.05, 4.69) is 13.8 Å². The van der Waals surface area contributed by atoms with Crippen molar-refractivity contribution in [1.29, 1.82) is 0 Å². The van der Waals surface area contributed by atoms with E-state index in [4.69, 9.17) is 21.7 Å². The van der Waals surface area contributed by atoms with E-state index in [0.717, 1.165) is 18.4 Å². The van der Waals surface area contributed by atoms with Crippen LogP contribution in [0.25, 0.3) is 6.08 Å². The molecule has 192 valence electrons. The number of anilines is 1. The molecule has 0 bridgehead atoms. The van der Waals surface area contributed by atoms with Gasteiger partial charge in [-0.1, -0.05) is 68.7 Å². The third-order valence-electron chi connectivity index (χ3n) is 6.03. The zero-order chi connectivity index (χ0) is 26.2. The number of methoxy groups -OCH3 is 1. The Labute approximate surface area is 222 Å². The maximum absolute atomic E-state index is 13.2. The van der Waals surface area contributed by atoms with E-state index >= 15 is 0 Å². The summed E-state index contributed by atoms with van der Waals surface area (Å²) in [5, 5.41) is 9.44. The van der Waals surface area contributed by atoms with Crippen LogP contribution in [0.15, 0.2) is 41.3 Å². The molecule has 1 atom stereocenters. The second-order valence-electron chi connectivity index (χ2n) is 8.86. The summed E-state index contributed by atoms with van der Waals surface area (Å²) in [6.45, 7) is 6.00. The van der Waals surface area contributed by atoms with Crippen molar-refractivity contribution in [2.45, 2.75) is 65.4 Å². The van der Waals surface area contributed by atoms with Gasteiger partial charge in [0, 0.05) is 0 Å². The predicted octanol–water partition coefficient (Wildman–Crippen LogP) is 7.24. The molecule has 1 unspecified atom stereocenters.